The minimum Gasteiger partial charge on any atom is -0.492 e. The average molecular weight is 199 g/mol. The van der Waals surface area contributed by atoms with E-state index in [1.165, 1.54) is 6.07 Å². The van der Waals surface area contributed by atoms with Crippen molar-refractivity contribution in [1.82, 2.24) is 0 Å². The van der Waals surface area contributed by atoms with Gasteiger partial charge >= 0.3 is 0 Å². The SMILES string of the molecule is ON=C1CCOc2ccc(F)c(F)c21. The molecule has 74 valence electrons. The molecule has 0 aliphatic carbocycles. The summed E-state index contributed by atoms with van der Waals surface area (Å²) in [4.78, 5) is 0. The molecule has 1 N–H and O–H groups in total. The van der Waals surface area contributed by atoms with E-state index in [0.717, 1.165) is 6.07 Å². The first-order valence-corrected chi connectivity index (χ1v) is 4.06. The van der Waals surface area contributed by atoms with E-state index in [1.807, 2.05) is 0 Å². The highest BCUT2D eigenvalue weighted by Crippen LogP contribution is 2.28. The Morgan fingerprint density at radius 3 is 2.86 bits per heavy atom. The van der Waals surface area contributed by atoms with Gasteiger partial charge in [0.2, 0.25) is 0 Å². The first kappa shape index (κ1) is 8.93. The van der Waals surface area contributed by atoms with Crippen molar-refractivity contribution in [2.24, 2.45) is 5.16 Å². The third-order valence-electron chi connectivity index (χ3n) is 2.06. The van der Waals surface area contributed by atoms with E-state index < -0.39 is 11.6 Å². The molecular weight excluding hydrogens is 192 g/mol. The van der Waals surface area contributed by atoms with Crippen LogP contribution in [0.5, 0.6) is 5.75 Å². The zero-order valence-electron chi connectivity index (χ0n) is 7.13. The van der Waals surface area contributed by atoms with Gasteiger partial charge in [-0.3, -0.25) is 0 Å². The van der Waals surface area contributed by atoms with Crippen LogP contribution in [0.25, 0.3) is 0 Å². The van der Waals surface area contributed by atoms with Gasteiger partial charge in [-0.15, -0.1) is 0 Å². The van der Waals surface area contributed by atoms with Crippen LogP contribution in [-0.4, -0.2) is 17.5 Å². The van der Waals surface area contributed by atoms with Gasteiger partial charge in [0, 0.05) is 6.42 Å². The highest BCUT2D eigenvalue weighted by atomic mass is 19.2. The lowest BCUT2D eigenvalue weighted by Gasteiger charge is -2.18. The molecule has 1 aliphatic rings. The normalized spacial score (nSPS) is 17.7. The maximum Gasteiger partial charge on any atom is 0.171 e. The number of rotatable bonds is 0. The quantitative estimate of drug-likeness (QED) is 0.512. The van der Waals surface area contributed by atoms with E-state index in [0.29, 0.717) is 6.61 Å². The van der Waals surface area contributed by atoms with Crippen molar-refractivity contribution in [2.45, 2.75) is 6.42 Å². The first-order chi connectivity index (χ1) is 6.74. The number of hydrogen-bond donors (Lipinski definition) is 1. The Labute approximate surface area is 78.6 Å². The molecule has 0 aromatic heterocycles. The molecule has 0 bridgehead atoms. The molecule has 0 fully saturated rings. The van der Waals surface area contributed by atoms with Crippen LogP contribution < -0.4 is 4.74 Å². The molecule has 0 saturated heterocycles. The lowest BCUT2D eigenvalue weighted by molar-refractivity contribution is 0.295. The minimum absolute atomic E-state index is 0.0845. The van der Waals surface area contributed by atoms with Crippen molar-refractivity contribution in [3.8, 4) is 5.75 Å². The van der Waals surface area contributed by atoms with Gasteiger partial charge in [-0.05, 0) is 12.1 Å². The van der Waals surface area contributed by atoms with E-state index >= 15 is 0 Å². The van der Waals surface area contributed by atoms with Crippen molar-refractivity contribution in [3.05, 3.63) is 29.3 Å². The minimum atomic E-state index is -1.03. The molecule has 0 unspecified atom stereocenters. The Bertz CT molecular complexity index is 404. The fourth-order valence-corrected chi connectivity index (χ4v) is 1.40. The lowest BCUT2D eigenvalue weighted by atomic mass is 10.0. The van der Waals surface area contributed by atoms with Gasteiger partial charge in [-0.25, -0.2) is 8.78 Å². The summed E-state index contributed by atoms with van der Waals surface area (Å²) in [6.45, 7) is 0.303. The fraction of sp³-hybridized carbons (Fsp3) is 0.222. The molecule has 0 radical (unpaired) electrons. The number of ether oxygens (including phenoxy) is 1. The van der Waals surface area contributed by atoms with Crippen molar-refractivity contribution >= 4 is 5.71 Å². The molecule has 0 atom stereocenters. The van der Waals surface area contributed by atoms with E-state index in [-0.39, 0.29) is 23.4 Å². The second-order valence-electron chi connectivity index (χ2n) is 2.88. The molecule has 0 amide bonds. The summed E-state index contributed by atoms with van der Waals surface area (Å²) in [6, 6.07) is 2.30. The number of halogens is 2. The standard InChI is InChI=1S/C9H7F2NO2/c10-5-1-2-7-8(9(5)11)6(12-13)3-4-14-7/h1-2,13H,3-4H2. The Kier molecular flexibility index (Phi) is 2.07. The van der Waals surface area contributed by atoms with E-state index in [2.05, 4.69) is 5.16 Å². The van der Waals surface area contributed by atoms with Crippen LogP contribution in [0.2, 0.25) is 0 Å². The number of oxime groups is 1. The highest BCUT2D eigenvalue weighted by molar-refractivity contribution is 6.03. The molecule has 1 aromatic carbocycles. The van der Waals surface area contributed by atoms with Gasteiger partial charge in [0.05, 0.1) is 17.9 Å². The fourth-order valence-electron chi connectivity index (χ4n) is 1.40. The summed E-state index contributed by atoms with van der Waals surface area (Å²) in [5, 5.41) is 11.5. The number of hydrogen-bond acceptors (Lipinski definition) is 3. The van der Waals surface area contributed by atoms with Gasteiger partial charge in [0.15, 0.2) is 11.6 Å². The highest BCUT2D eigenvalue weighted by Gasteiger charge is 2.23. The second kappa shape index (κ2) is 3.25. The summed E-state index contributed by atoms with van der Waals surface area (Å²) >= 11 is 0. The first-order valence-electron chi connectivity index (χ1n) is 4.06. The van der Waals surface area contributed by atoms with Gasteiger partial charge in [-0.1, -0.05) is 5.16 Å². The molecule has 5 heteroatoms. The Hall–Kier alpha value is -1.65. The average Bonchev–Trinajstić information content (AvgIpc) is 2.23. The molecule has 2 rings (SSSR count). The Morgan fingerprint density at radius 1 is 1.36 bits per heavy atom. The van der Waals surface area contributed by atoms with Crippen LogP contribution >= 0.6 is 0 Å². The summed E-state index contributed by atoms with van der Waals surface area (Å²) in [5.41, 5.74) is 0.0296. The topological polar surface area (TPSA) is 41.8 Å². The van der Waals surface area contributed by atoms with E-state index in [4.69, 9.17) is 9.94 Å². The number of nitrogens with zero attached hydrogens (tertiary/aromatic N) is 1. The lowest BCUT2D eigenvalue weighted by Crippen LogP contribution is -2.18. The van der Waals surface area contributed by atoms with Crippen molar-refractivity contribution in [2.75, 3.05) is 6.61 Å². The summed E-state index contributed by atoms with van der Waals surface area (Å²) in [5.74, 6) is -1.80. The monoisotopic (exact) mass is 199 g/mol. The second-order valence-corrected chi connectivity index (χ2v) is 2.88. The van der Waals surface area contributed by atoms with Crippen molar-refractivity contribution < 1.29 is 18.7 Å². The van der Waals surface area contributed by atoms with Crippen LogP contribution in [0.1, 0.15) is 12.0 Å². The van der Waals surface area contributed by atoms with Crippen molar-refractivity contribution in [3.63, 3.8) is 0 Å². The van der Waals surface area contributed by atoms with Crippen LogP contribution in [0.4, 0.5) is 8.78 Å². The van der Waals surface area contributed by atoms with E-state index in [9.17, 15) is 8.78 Å². The Morgan fingerprint density at radius 2 is 2.14 bits per heavy atom. The van der Waals surface area contributed by atoms with E-state index in [1.54, 1.807) is 0 Å². The predicted molar refractivity (Wildman–Crippen MR) is 44.8 cm³/mol. The van der Waals surface area contributed by atoms with Crippen LogP contribution in [0.3, 0.4) is 0 Å². The van der Waals surface area contributed by atoms with Gasteiger partial charge in [-0.2, -0.15) is 0 Å². The number of benzene rings is 1. The maximum absolute atomic E-state index is 13.3. The molecule has 0 saturated carbocycles. The van der Waals surface area contributed by atoms with Crippen LogP contribution in [0.15, 0.2) is 17.3 Å². The molecule has 0 spiro atoms. The predicted octanol–water partition coefficient (Wildman–Crippen LogP) is 1.93. The smallest absolute Gasteiger partial charge is 0.171 e. The Balaban J connectivity index is 2.65. The third kappa shape index (κ3) is 1.21. The molecule has 3 nitrogen and oxygen atoms in total. The summed E-state index contributed by atoms with van der Waals surface area (Å²) in [7, 11) is 0. The molecule has 1 heterocycles. The zero-order valence-corrected chi connectivity index (χ0v) is 7.13. The number of fused-ring (bicyclic) bond motifs is 1. The molecular formula is C9H7F2NO2. The maximum atomic E-state index is 13.3. The zero-order chi connectivity index (χ0) is 10.1. The largest absolute Gasteiger partial charge is 0.492 e. The van der Waals surface area contributed by atoms with Crippen LogP contribution in [0, 0.1) is 11.6 Å². The van der Waals surface area contributed by atoms with Gasteiger partial charge in [0.25, 0.3) is 0 Å². The molecule has 14 heavy (non-hydrogen) atoms. The van der Waals surface area contributed by atoms with Gasteiger partial charge in [0.1, 0.15) is 5.75 Å². The molecule has 1 aliphatic heterocycles. The van der Waals surface area contributed by atoms with Gasteiger partial charge < -0.3 is 9.94 Å². The van der Waals surface area contributed by atoms with Crippen molar-refractivity contribution in [1.29, 1.82) is 0 Å². The summed E-state index contributed by atoms with van der Waals surface area (Å²) < 4.78 is 31.2. The third-order valence-corrected chi connectivity index (χ3v) is 2.06. The molecule has 1 aromatic rings. The summed E-state index contributed by atoms with van der Waals surface area (Å²) in [6.07, 6.45) is 0.268. The van der Waals surface area contributed by atoms with Crippen LogP contribution in [-0.2, 0) is 0 Å².